The van der Waals surface area contributed by atoms with E-state index in [4.69, 9.17) is 10.9 Å². The van der Waals surface area contributed by atoms with Crippen molar-refractivity contribution in [2.45, 2.75) is 20.3 Å². The molecule has 4 heteroatoms. The van der Waals surface area contributed by atoms with Crippen LogP contribution >= 0.6 is 0 Å². The van der Waals surface area contributed by atoms with Crippen LogP contribution in [-0.4, -0.2) is 24.1 Å². The molecule has 3 N–H and O–H groups in total. The summed E-state index contributed by atoms with van der Waals surface area (Å²) in [7, 11) is 0. The fourth-order valence-corrected chi connectivity index (χ4v) is 1.64. The summed E-state index contributed by atoms with van der Waals surface area (Å²) >= 11 is 0. The highest BCUT2D eigenvalue weighted by Gasteiger charge is 2.04. The maximum Gasteiger partial charge on any atom is 0.170 e. The normalized spacial score (nSPS) is 11.5. The lowest BCUT2D eigenvalue weighted by atomic mass is 10.2. The fourth-order valence-electron chi connectivity index (χ4n) is 1.64. The second-order valence-electron chi connectivity index (χ2n) is 3.61. The summed E-state index contributed by atoms with van der Waals surface area (Å²) < 4.78 is 0. The van der Waals surface area contributed by atoms with E-state index >= 15 is 0 Å². The van der Waals surface area contributed by atoms with Crippen molar-refractivity contribution in [1.29, 1.82) is 0 Å². The molecule has 0 saturated carbocycles. The Morgan fingerprint density at radius 3 is 2.38 bits per heavy atom. The zero-order valence-electron chi connectivity index (χ0n) is 9.85. The van der Waals surface area contributed by atoms with Gasteiger partial charge in [0, 0.05) is 24.3 Å². The van der Waals surface area contributed by atoms with Gasteiger partial charge >= 0.3 is 0 Å². The van der Waals surface area contributed by atoms with Gasteiger partial charge in [0.25, 0.3) is 0 Å². The molecule has 0 saturated heterocycles. The first-order valence-electron chi connectivity index (χ1n) is 5.55. The highest BCUT2D eigenvalue weighted by molar-refractivity contribution is 5.97. The Hall–Kier alpha value is -1.71. The smallest absolute Gasteiger partial charge is 0.170 e. The number of hydrogen-bond donors (Lipinski definition) is 2. The second-order valence-corrected chi connectivity index (χ2v) is 3.61. The average Bonchev–Trinajstić information content (AvgIpc) is 2.35. The van der Waals surface area contributed by atoms with Crippen LogP contribution < -0.4 is 10.6 Å². The standard InChI is InChI=1S/C12H19N3O/c1-3-9-15(4-2)11-7-5-10(6-8-11)12(13)14-16/h5-8,16H,3-4,9H2,1-2H3,(H2,13,14). The van der Waals surface area contributed by atoms with Crippen LogP contribution in [-0.2, 0) is 0 Å². The molecule has 88 valence electrons. The van der Waals surface area contributed by atoms with E-state index in [2.05, 4.69) is 23.9 Å². The van der Waals surface area contributed by atoms with E-state index in [9.17, 15) is 0 Å². The first kappa shape index (κ1) is 12.4. The molecule has 16 heavy (non-hydrogen) atoms. The molecule has 0 atom stereocenters. The van der Waals surface area contributed by atoms with Gasteiger partial charge in [0.15, 0.2) is 5.84 Å². The first-order valence-corrected chi connectivity index (χ1v) is 5.55. The quantitative estimate of drug-likeness (QED) is 0.346. The number of amidine groups is 1. The molecule has 0 aliphatic rings. The number of nitrogens with two attached hydrogens (primary N) is 1. The van der Waals surface area contributed by atoms with Crippen molar-refractivity contribution in [2.24, 2.45) is 10.9 Å². The Kier molecular flexibility index (Phi) is 4.64. The highest BCUT2D eigenvalue weighted by Crippen LogP contribution is 2.15. The van der Waals surface area contributed by atoms with E-state index in [1.165, 1.54) is 5.69 Å². The minimum atomic E-state index is 0.144. The molecule has 0 radical (unpaired) electrons. The molecule has 0 unspecified atom stereocenters. The average molecular weight is 221 g/mol. The predicted octanol–water partition coefficient (Wildman–Crippen LogP) is 2.02. The molecule has 1 rings (SSSR count). The molecule has 0 bridgehead atoms. The Morgan fingerprint density at radius 2 is 1.94 bits per heavy atom. The molecular formula is C12H19N3O. The fraction of sp³-hybridized carbons (Fsp3) is 0.417. The second kappa shape index (κ2) is 6.00. The number of anilines is 1. The van der Waals surface area contributed by atoms with E-state index in [1.54, 1.807) is 0 Å². The lowest BCUT2D eigenvalue weighted by Gasteiger charge is -2.22. The molecule has 1 aromatic carbocycles. The molecule has 4 nitrogen and oxygen atoms in total. The molecule has 0 spiro atoms. The lowest BCUT2D eigenvalue weighted by Crippen LogP contribution is -2.23. The Bertz CT molecular complexity index is 346. The number of oxime groups is 1. The maximum absolute atomic E-state index is 8.55. The minimum absolute atomic E-state index is 0.144. The van der Waals surface area contributed by atoms with Gasteiger partial charge in [0.05, 0.1) is 0 Å². The van der Waals surface area contributed by atoms with Crippen LogP contribution in [0.4, 0.5) is 5.69 Å². The molecule has 0 aliphatic heterocycles. The van der Waals surface area contributed by atoms with E-state index in [0.29, 0.717) is 0 Å². The zero-order valence-corrected chi connectivity index (χ0v) is 9.85. The predicted molar refractivity (Wildman–Crippen MR) is 67.1 cm³/mol. The van der Waals surface area contributed by atoms with Crippen molar-refractivity contribution < 1.29 is 5.21 Å². The van der Waals surface area contributed by atoms with Gasteiger partial charge in [-0.05, 0) is 37.6 Å². The molecule has 0 fully saturated rings. The molecule has 0 aromatic heterocycles. The Balaban J connectivity index is 2.84. The van der Waals surface area contributed by atoms with E-state index in [-0.39, 0.29) is 5.84 Å². The van der Waals surface area contributed by atoms with Gasteiger partial charge in [0.2, 0.25) is 0 Å². The summed E-state index contributed by atoms with van der Waals surface area (Å²) in [5.41, 5.74) is 7.40. The van der Waals surface area contributed by atoms with E-state index in [0.717, 1.165) is 25.1 Å². The maximum atomic E-state index is 8.55. The largest absolute Gasteiger partial charge is 0.409 e. The van der Waals surface area contributed by atoms with E-state index in [1.807, 2.05) is 24.3 Å². The van der Waals surface area contributed by atoms with Crippen molar-refractivity contribution in [3.8, 4) is 0 Å². The molecule has 0 amide bonds. The topological polar surface area (TPSA) is 61.8 Å². The van der Waals surface area contributed by atoms with Crippen molar-refractivity contribution in [2.75, 3.05) is 18.0 Å². The number of rotatable bonds is 5. The van der Waals surface area contributed by atoms with Crippen LogP contribution in [0.2, 0.25) is 0 Å². The summed E-state index contributed by atoms with van der Waals surface area (Å²) in [5.74, 6) is 0.144. The van der Waals surface area contributed by atoms with Gasteiger partial charge < -0.3 is 15.8 Å². The van der Waals surface area contributed by atoms with Crippen molar-refractivity contribution in [3.05, 3.63) is 29.8 Å². The van der Waals surface area contributed by atoms with Gasteiger partial charge in [0.1, 0.15) is 0 Å². The summed E-state index contributed by atoms with van der Waals surface area (Å²) in [6, 6.07) is 7.71. The van der Waals surface area contributed by atoms with Crippen LogP contribution in [0.25, 0.3) is 0 Å². The van der Waals surface area contributed by atoms with Gasteiger partial charge in [-0.25, -0.2) is 0 Å². The minimum Gasteiger partial charge on any atom is -0.409 e. The highest BCUT2D eigenvalue weighted by atomic mass is 16.4. The van der Waals surface area contributed by atoms with Crippen LogP contribution in [0, 0.1) is 0 Å². The first-order chi connectivity index (χ1) is 7.72. The summed E-state index contributed by atoms with van der Waals surface area (Å²) in [6.07, 6.45) is 1.12. The number of nitrogens with zero attached hydrogens (tertiary/aromatic N) is 2. The summed E-state index contributed by atoms with van der Waals surface area (Å²) in [5, 5.41) is 11.5. The Morgan fingerprint density at radius 1 is 1.31 bits per heavy atom. The van der Waals surface area contributed by atoms with Crippen molar-refractivity contribution >= 4 is 11.5 Å². The van der Waals surface area contributed by atoms with E-state index < -0.39 is 0 Å². The zero-order chi connectivity index (χ0) is 12.0. The van der Waals surface area contributed by atoms with Gasteiger partial charge in [-0.1, -0.05) is 12.1 Å². The molecule has 0 heterocycles. The van der Waals surface area contributed by atoms with Crippen LogP contribution in [0.3, 0.4) is 0 Å². The summed E-state index contributed by atoms with van der Waals surface area (Å²) in [6.45, 7) is 6.32. The molecule has 0 aliphatic carbocycles. The third-order valence-electron chi connectivity index (χ3n) is 2.51. The SMILES string of the molecule is CCCN(CC)c1ccc(/C(N)=N/O)cc1. The third kappa shape index (κ3) is 2.89. The van der Waals surface area contributed by atoms with Crippen LogP contribution in [0.15, 0.2) is 29.4 Å². The summed E-state index contributed by atoms with van der Waals surface area (Å²) in [4.78, 5) is 2.29. The monoisotopic (exact) mass is 221 g/mol. The Labute approximate surface area is 96.4 Å². The number of hydrogen-bond acceptors (Lipinski definition) is 3. The van der Waals surface area contributed by atoms with Crippen LogP contribution in [0.5, 0.6) is 0 Å². The van der Waals surface area contributed by atoms with Crippen molar-refractivity contribution in [3.63, 3.8) is 0 Å². The van der Waals surface area contributed by atoms with Gasteiger partial charge in [-0.15, -0.1) is 0 Å². The molecular weight excluding hydrogens is 202 g/mol. The van der Waals surface area contributed by atoms with Gasteiger partial charge in [-0.2, -0.15) is 0 Å². The third-order valence-corrected chi connectivity index (χ3v) is 2.51. The lowest BCUT2D eigenvalue weighted by molar-refractivity contribution is 0.318. The van der Waals surface area contributed by atoms with Crippen LogP contribution in [0.1, 0.15) is 25.8 Å². The molecule has 1 aromatic rings. The van der Waals surface area contributed by atoms with Crippen molar-refractivity contribution in [1.82, 2.24) is 0 Å². The number of benzene rings is 1. The van der Waals surface area contributed by atoms with Gasteiger partial charge in [-0.3, -0.25) is 0 Å².